The van der Waals surface area contributed by atoms with Crippen LogP contribution in [0.1, 0.15) is 12.5 Å². The number of carbonyl (C=O) groups is 2. The van der Waals surface area contributed by atoms with Crippen LogP contribution >= 0.6 is 0 Å². The van der Waals surface area contributed by atoms with Crippen LogP contribution in [0.2, 0.25) is 0 Å². The molecule has 7 heteroatoms. The zero-order chi connectivity index (χ0) is 21.0. The molecule has 2 aromatic carbocycles. The molecule has 2 unspecified atom stereocenters. The lowest BCUT2D eigenvalue weighted by Gasteiger charge is -2.21. The standard InChI is InChI=1S/C22H23FN2O4/c1-3-6-16-7-4-5-8-20(16)29-14-19(26)13-24-21(27)15(2)25(22(24)28)18-11-9-17(23)10-12-18/h3-5,7-12,15,19,26H,1,6,13-14H2,2H3. The molecule has 1 saturated heterocycles. The molecule has 0 radical (unpaired) electrons. The number of imide groups is 1. The summed E-state index contributed by atoms with van der Waals surface area (Å²) in [6, 6.07) is 11.4. The number of β-amino-alcohol motifs (C(OH)–C–C–N with tert-alkyl or cyclic N) is 1. The van der Waals surface area contributed by atoms with Crippen LogP contribution in [-0.4, -0.2) is 47.2 Å². The fourth-order valence-corrected chi connectivity index (χ4v) is 3.25. The van der Waals surface area contributed by atoms with Crippen LogP contribution in [0.15, 0.2) is 61.2 Å². The smallest absolute Gasteiger partial charge is 0.332 e. The second-order valence-electron chi connectivity index (χ2n) is 6.82. The van der Waals surface area contributed by atoms with Gasteiger partial charge in [0.05, 0.1) is 6.54 Å². The number of aliphatic hydroxyl groups excluding tert-OH is 1. The Morgan fingerprint density at radius 2 is 1.90 bits per heavy atom. The van der Waals surface area contributed by atoms with Crippen LogP contribution < -0.4 is 9.64 Å². The summed E-state index contributed by atoms with van der Waals surface area (Å²) < 4.78 is 18.8. The van der Waals surface area contributed by atoms with Gasteiger partial charge in [-0.15, -0.1) is 6.58 Å². The molecule has 0 aliphatic carbocycles. The molecule has 0 aromatic heterocycles. The lowest BCUT2D eigenvalue weighted by molar-refractivity contribution is -0.128. The van der Waals surface area contributed by atoms with Gasteiger partial charge in [0.2, 0.25) is 0 Å². The highest BCUT2D eigenvalue weighted by Crippen LogP contribution is 2.26. The number of benzene rings is 2. The van der Waals surface area contributed by atoms with Gasteiger partial charge < -0.3 is 9.84 Å². The first-order chi connectivity index (χ1) is 13.9. The Morgan fingerprint density at radius 3 is 2.59 bits per heavy atom. The molecule has 2 aromatic rings. The van der Waals surface area contributed by atoms with E-state index in [-0.39, 0.29) is 13.2 Å². The zero-order valence-electron chi connectivity index (χ0n) is 16.1. The van der Waals surface area contributed by atoms with Gasteiger partial charge in [0.25, 0.3) is 5.91 Å². The van der Waals surface area contributed by atoms with E-state index in [9.17, 15) is 19.1 Å². The number of rotatable bonds is 8. The Kier molecular flexibility index (Phi) is 6.29. The molecule has 29 heavy (non-hydrogen) atoms. The Hall–Kier alpha value is -3.19. The minimum atomic E-state index is -1.06. The highest BCUT2D eigenvalue weighted by molar-refractivity contribution is 6.14. The predicted molar refractivity (Wildman–Crippen MR) is 107 cm³/mol. The molecule has 1 aliphatic rings. The summed E-state index contributed by atoms with van der Waals surface area (Å²) in [5.41, 5.74) is 1.35. The Bertz CT molecular complexity index is 900. The largest absolute Gasteiger partial charge is 0.491 e. The number of ether oxygens (including phenoxy) is 1. The maximum atomic E-state index is 13.2. The van der Waals surface area contributed by atoms with Crippen LogP contribution in [0, 0.1) is 5.82 Å². The molecular formula is C22H23FN2O4. The van der Waals surface area contributed by atoms with Gasteiger partial charge in [-0.05, 0) is 49.2 Å². The molecule has 0 saturated carbocycles. The molecule has 1 aliphatic heterocycles. The van der Waals surface area contributed by atoms with E-state index in [1.807, 2.05) is 18.2 Å². The third-order valence-electron chi connectivity index (χ3n) is 4.71. The third kappa shape index (κ3) is 4.46. The van der Waals surface area contributed by atoms with Crippen molar-refractivity contribution < 1.29 is 23.8 Å². The van der Waals surface area contributed by atoms with Crippen molar-refractivity contribution in [3.8, 4) is 5.75 Å². The lowest BCUT2D eigenvalue weighted by Crippen LogP contribution is -2.40. The number of hydrogen-bond donors (Lipinski definition) is 1. The van der Waals surface area contributed by atoms with Gasteiger partial charge in [-0.25, -0.2) is 9.18 Å². The molecule has 3 rings (SSSR count). The van der Waals surface area contributed by atoms with Gasteiger partial charge in [0.15, 0.2) is 0 Å². The van der Waals surface area contributed by atoms with Crippen molar-refractivity contribution >= 4 is 17.6 Å². The average molecular weight is 398 g/mol. The van der Waals surface area contributed by atoms with E-state index in [2.05, 4.69) is 6.58 Å². The first-order valence-corrected chi connectivity index (χ1v) is 9.32. The highest BCUT2D eigenvalue weighted by atomic mass is 19.1. The van der Waals surface area contributed by atoms with Gasteiger partial charge in [-0.1, -0.05) is 24.3 Å². The molecule has 1 heterocycles. The van der Waals surface area contributed by atoms with Crippen LogP contribution in [-0.2, 0) is 11.2 Å². The summed E-state index contributed by atoms with van der Waals surface area (Å²) in [4.78, 5) is 27.6. The Labute approximate surface area is 168 Å². The van der Waals surface area contributed by atoms with Crippen molar-refractivity contribution in [1.29, 1.82) is 0 Å². The summed E-state index contributed by atoms with van der Waals surface area (Å²) in [5.74, 6) is -0.238. The molecule has 6 nitrogen and oxygen atoms in total. The van der Waals surface area contributed by atoms with Crippen molar-refractivity contribution in [1.82, 2.24) is 4.90 Å². The SMILES string of the molecule is C=CCc1ccccc1OCC(O)CN1C(=O)C(C)N(c2ccc(F)cc2)C1=O. The second-order valence-corrected chi connectivity index (χ2v) is 6.82. The van der Waals surface area contributed by atoms with E-state index in [1.54, 1.807) is 19.1 Å². The first-order valence-electron chi connectivity index (χ1n) is 9.32. The van der Waals surface area contributed by atoms with Crippen molar-refractivity contribution in [3.63, 3.8) is 0 Å². The molecular weight excluding hydrogens is 375 g/mol. The van der Waals surface area contributed by atoms with E-state index < -0.39 is 29.9 Å². The monoisotopic (exact) mass is 398 g/mol. The number of allylic oxidation sites excluding steroid dienone is 1. The topological polar surface area (TPSA) is 70.1 Å². The number of nitrogens with zero attached hydrogens (tertiary/aromatic N) is 2. The average Bonchev–Trinajstić information content (AvgIpc) is 2.92. The molecule has 152 valence electrons. The molecule has 0 spiro atoms. The predicted octanol–water partition coefficient (Wildman–Crippen LogP) is 3.15. The molecule has 3 amide bonds. The summed E-state index contributed by atoms with van der Waals surface area (Å²) >= 11 is 0. The minimum absolute atomic E-state index is 0.0733. The van der Waals surface area contributed by atoms with Crippen LogP contribution in [0.3, 0.4) is 0 Å². The number of hydrogen-bond acceptors (Lipinski definition) is 4. The zero-order valence-corrected chi connectivity index (χ0v) is 16.1. The number of amides is 3. The van der Waals surface area contributed by atoms with E-state index in [1.165, 1.54) is 29.2 Å². The molecule has 2 atom stereocenters. The maximum absolute atomic E-state index is 13.2. The van der Waals surface area contributed by atoms with E-state index >= 15 is 0 Å². The van der Waals surface area contributed by atoms with E-state index in [0.717, 1.165) is 10.5 Å². The number of aliphatic hydroxyl groups is 1. The minimum Gasteiger partial charge on any atom is -0.491 e. The van der Waals surface area contributed by atoms with Crippen molar-refractivity contribution in [2.24, 2.45) is 0 Å². The number of urea groups is 1. The second kappa shape index (κ2) is 8.87. The fourth-order valence-electron chi connectivity index (χ4n) is 3.25. The molecule has 1 N–H and O–H groups in total. The summed E-state index contributed by atoms with van der Waals surface area (Å²) in [6.45, 7) is 5.04. The van der Waals surface area contributed by atoms with Crippen LogP contribution in [0.4, 0.5) is 14.9 Å². The lowest BCUT2D eigenvalue weighted by atomic mass is 10.1. The Balaban J connectivity index is 1.65. The summed E-state index contributed by atoms with van der Waals surface area (Å²) in [7, 11) is 0. The molecule has 0 bridgehead atoms. The van der Waals surface area contributed by atoms with Gasteiger partial charge in [0, 0.05) is 5.69 Å². The van der Waals surface area contributed by atoms with Crippen molar-refractivity contribution in [2.45, 2.75) is 25.5 Å². The third-order valence-corrected chi connectivity index (χ3v) is 4.71. The van der Waals surface area contributed by atoms with E-state index in [4.69, 9.17) is 4.74 Å². The molecule has 1 fully saturated rings. The van der Waals surface area contributed by atoms with Crippen LogP contribution in [0.5, 0.6) is 5.75 Å². The quantitative estimate of drug-likeness (QED) is 0.548. The van der Waals surface area contributed by atoms with Gasteiger partial charge in [-0.2, -0.15) is 0 Å². The normalized spacial score (nSPS) is 17.6. The first kappa shape index (κ1) is 20.5. The number of para-hydroxylation sites is 1. The maximum Gasteiger partial charge on any atom is 0.332 e. The van der Waals surface area contributed by atoms with Gasteiger partial charge in [0.1, 0.15) is 30.3 Å². The number of carbonyl (C=O) groups excluding carboxylic acids is 2. The Morgan fingerprint density at radius 1 is 1.21 bits per heavy atom. The highest BCUT2D eigenvalue weighted by Gasteiger charge is 2.43. The van der Waals surface area contributed by atoms with Crippen LogP contribution in [0.25, 0.3) is 0 Å². The van der Waals surface area contributed by atoms with Crippen molar-refractivity contribution in [3.05, 3.63) is 72.6 Å². The summed E-state index contributed by atoms with van der Waals surface area (Å²) in [6.07, 6.45) is 1.32. The van der Waals surface area contributed by atoms with Crippen molar-refractivity contribution in [2.75, 3.05) is 18.1 Å². The fraction of sp³-hybridized carbons (Fsp3) is 0.273. The summed E-state index contributed by atoms with van der Waals surface area (Å²) in [5, 5.41) is 10.3. The number of anilines is 1. The van der Waals surface area contributed by atoms with Gasteiger partial charge >= 0.3 is 6.03 Å². The number of halogens is 1. The van der Waals surface area contributed by atoms with E-state index in [0.29, 0.717) is 17.9 Å². The van der Waals surface area contributed by atoms with Gasteiger partial charge in [-0.3, -0.25) is 14.6 Å².